The molecule has 1 aromatic carbocycles. The molecule has 0 radical (unpaired) electrons. The summed E-state index contributed by atoms with van der Waals surface area (Å²) in [5, 5.41) is 9.12. The second-order valence-electron chi connectivity index (χ2n) is 5.88. The fourth-order valence-corrected chi connectivity index (χ4v) is 3.09. The molecule has 2 aromatic rings. The smallest absolute Gasteiger partial charge is 0.123 e. The summed E-state index contributed by atoms with van der Waals surface area (Å²) < 4.78 is 7.98. The van der Waals surface area contributed by atoms with Crippen LogP contribution in [0.2, 0.25) is 0 Å². The number of likely N-dealkylation sites (N-methyl/N-ethyl adjacent to an activating group) is 1. The van der Waals surface area contributed by atoms with Crippen LogP contribution in [0.3, 0.4) is 0 Å². The molecule has 0 unspecified atom stereocenters. The van der Waals surface area contributed by atoms with E-state index in [4.69, 9.17) is 10.00 Å². The molecular weight excluding hydrogens is 274 g/mol. The van der Waals surface area contributed by atoms with E-state index in [-0.39, 0.29) is 6.10 Å². The minimum atomic E-state index is 0.214. The first-order valence-electron chi connectivity index (χ1n) is 7.72. The third-order valence-corrected chi connectivity index (χ3v) is 4.09. The van der Waals surface area contributed by atoms with E-state index >= 15 is 0 Å². The second-order valence-corrected chi connectivity index (χ2v) is 5.88. The monoisotopic (exact) mass is 295 g/mol. The summed E-state index contributed by atoms with van der Waals surface area (Å²) in [7, 11) is 2.10. The van der Waals surface area contributed by atoms with E-state index in [1.807, 2.05) is 22.8 Å². The fourth-order valence-electron chi connectivity index (χ4n) is 3.09. The standard InChI is InChI=1S/C18H21N3O/c1-3-21-12-14(8-16(21)10-19)11-20(2)13-17-9-15-6-4-5-7-18(15)22-17/h4-8,12,17H,3,9,11,13H2,1-2H3/t17-/m1/s1. The van der Waals surface area contributed by atoms with E-state index in [2.05, 4.69) is 43.3 Å². The average molecular weight is 295 g/mol. The molecule has 0 amide bonds. The van der Waals surface area contributed by atoms with Gasteiger partial charge >= 0.3 is 0 Å². The predicted molar refractivity (Wildman–Crippen MR) is 85.7 cm³/mol. The Morgan fingerprint density at radius 1 is 1.41 bits per heavy atom. The maximum Gasteiger partial charge on any atom is 0.123 e. The molecule has 1 atom stereocenters. The molecule has 3 rings (SSSR count). The van der Waals surface area contributed by atoms with E-state index in [9.17, 15) is 0 Å². The summed E-state index contributed by atoms with van der Waals surface area (Å²) in [6, 6.07) is 12.5. The highest BCUT2D eigenvalue weighted by Crippen LogP contribution is 2.28. The van der Waals surface area contributed by atoms with Crippen LogP contribution in [0.4, 0.5) is 0 Å². The molecule has 0 saturated heterocycles. The minimum absolute atomic E-state index is 0.214. The third kappa shape index (κ3) is 3.00. The van der Waals surface area contributed by atoms with E-state index < -0.39 is 0 Å². The molecule has 2 heterocycles. The van der Waals surface area contributed by atoms with Crippen LogP contribution in [-0.4, -0.2) is 29.2 Å². The Balaban J connectivity index is 1.59. The van der Waals surface area contributed by atoms with Crippen molar-refractivity contribution in [2.75, 3.05) is 13.6 Å². The Morgan fingerprint density at radius 2 is 2.23 bits per heavy atom. The second kappa shape index (κ2) is 6.25. The Kier molecular flexibility index (Phi) is 4.17. The van der Waals surface area contributed by atoms with Crippen molar-refractivity contribution in [3.63, 3.8) is 0 Å². The van der Waals surface area contributed by atoms with Gasteiger partial charge in [0.15, 0.2) is 0 Å². The van der Waals surface area contributed by atoms with Gasteiger partial charge in [0.2, 0.25) is 0 Å². The van der Waals surface area contributed by atoms with E-state index in [1.54, 1.807) is 0 Å². The number of hydrogen-bond donors (Lipinski definition) is 0. The summed E-state index contributed by atoms with van der Waals surface area (Å²) >= 11 is 0. The zero-order chi connectivity index (χ0) is 15.5. The molecule has 22 heavy (non-hydrogen) atoms. The van der Waals surface area contributed by atoms with Gasteiger partial charge in [-0.15, -0.1) is 0 Å². The summed E-state index contributed by atoms with van der Waals surface area (Å²) in [5.41, 5.74) is 3.21. The molecular formula is C18H21N3O. The molecule has 0 N–H and O–H groups in total. The lowest BCUT2D eigenvalue weighted by atomic mass is 10.1. The SMILES string of the molecule is CCn1cc(CN(C)C[C@H]2Cc3ccccc3O2)cc1C#N. The molecule has 1 aromatic heterocycles. The maximum absolute atomic E-state index is 9.12. The van der Waals surface area contributed by atoms with Gasteiger partial charge in [-0.1, -0.05) is 18.2 Å². The third-order valence-electron chi connectivity index (χ3n) is 4.09. The number of nitriles is 1. The Bertz CT molecular complexity index is 674. The number of hydrogen-bond acceptors (Lipinski definition) is 3. The first-order valence-corrected chi connectivity index (χ1v) is 7.72. The van der Waals surface area contributed by atoms with Gasteiger partial charge in [-0.05, 0) is 37.2 Å². The van der Waals surface area contributed by atoms with Crippen LogP contribution in [0.5, 0.6) is 5.75 Å². The minimum Gasteiger partial charge on any atom is -0.488 e. The van der Waals surface area contributed by atoms with Crippen molar-refractivity contribution in [2.24, 2.45) is 0 Å². The highest BCUT2D eigenvalue weighted by molar-refractivity contribution is 5.37. The van der Waals surface area contributed by atoms with Gasteiger partial charge in [-0.2, -0.15) is 5.26 Å². The molecule has 0 fully saturated rings. The zero-order valence-electron chi connectivity index (χ0n) is 13.1. The molecule has 0 bridgehead atoms. The van der Waals surface area contributed by atoms with Gasteiger partial charge in [-0.25, -0.2) is 0 Å². The fraction of sp³-hybridized carbons (Fsp3) is 0.389. The lowest BCUT2D eigenvalue weighted by Crippen LogP contribution is -2.31. The van der Waals surface area contributed by atoms with Crippen LogP contribution in [0.25, 0.3) is 0 Å². The Hall–Kier alpha value is -2.25. The number of aromatic nitrogens is 1. The highest BCUT2D eigenvalue weighted by Gasteiger charge is 2.23. The molecule has 4 nitrogen and oxygen atoms in total. The maximum atomic E-state index is 9.12. The zero-order valence-corrected chi connectivity index (χ0v) is 13.1. The summed E-state index contributed by atoms with van der Waals surface area (Å²) in [5.74, 6) is 1.02. The van der Waals surface area contributed by atoms with Crippen molar-refractivity contribution in [1.82, 2.24) is 9.47 Å². The number of nitrogens with zero attached hydrogens (tertiary/aromatic N) is 3. The van der Waals surface area contributed by atoms with Gasteiger partial charge in [0.25, 0.3) is 0 Å². The largest absolute Gasteiger partial charge is 0.488 e. The van der Waals surface area contributed by atoms with Crippen LogP contribution in [0.15, 0.2) is 36.5 Å². The van der Waals surface area contributed by atoms with E-state index in [0.717, 1.165) is 37.5 Å². The van der Waals surface area contributed by atoms with E-state index in [0.29, 0.717) is 0 Å². The van der Waals surface area contributed by atoms with Crippen molar-refractivity contribution >= 4 is 0 Å². The van der Waals surface area contributed by atoms with Gasteiger partial charge in [-0.3, -0.25) is 4.90 Å². The molecule has 0 saturated carbocycles. The van der Waals surface area contributed by atoms with Gasteiger partial charge in [0.05, 0.1) is 0 Å². The molecule has 4 heteroatoms. The van der Waals surface area contributed by atoms with Crippen molar-refractivity contribution in [2.45, 2.75) is 32.5 Å². The summed E-state index contributed by atoms with van der Waals surface area (Å²) in [6.07, 6.45) is 3.25. The Labute approximate surface area is 131 Å². The van der Waals surface area contributed by atoms with Crippen molar-refractivity contribution in [1.29, 1.82) is 5.26 Å². The number of aryl methyl sites for hydroxylation is 1. The van der Waals surface area contributed by atoms with Crippen molar-refractivity contribution < 1.29 is 4.74 Å². The van der Waals surface area contributed by atoms with Crippen LogP contribution >= 0.6 is 0 Å². The van der Waals surface area contributed by atoms with Gasteiger partial charge in [0.1, 0.15) is 23.6 Å². The molecule has 0 aliphatic carbocycles. The lowest BCUT2D eigenvalue weighted by molar-refractivity contribution is 0.165. The highest BCUT2D eigenvalue weighted by atomic mass is 16.5. The first kappa shape index (κ1) is 14.7. The van der Waals surface area contributed by atoms with Gasteiger partial charge in [0, 0.05) is 32.3 Å². The number of rotatable bonds is 5. The number of para-hydroxylation sites is 1. The number of benzene rings is 1. The van der Waals surface area contributed by atoms with Gasteiger partial charge < -0.3 is 9.30 Å². The quantitative estimate of drug-likeness (QED) is 0.851. The van der Waals surface area contributed by atoms with Crippen LogP contribution < -0.4 is 4.74 Å². The van der Waals surface area contributed by atoms with Crippen molar-refractivity contribution in [3.05, 3.63) is 53.3 Å². The van der Waals surface area contributed by atoms with Crippen LogP contribution in [-0.2, 0) is 19.5 Å². The Morgan fingerprint density at radius 3 is 2.91 bits per heavy atom. The summed E-state index contributed by atoms with van der Waals surface area (Å²) in [4.78, 5) is 2.26. The molecule has 0 spiro atoms. The van der Waals surface area contributed by atoms with E-state index in [1.165, 1.54) is 11.1 Å². The number of fused-ring (bicyclic) bond motifs is 1. The molecule has 114 valence electrons. The number of ether oxygens (including phenoxy) is 1. The lowest BCUT2D eigenvalue weighted by Gasteiger charge is -2.20. The van der Waals surface area contributed by atoms with Crippen LogP contribution in [0.1, 0.15) is 23.7 Å². The summed E-state index contributed by atoms with van der Waals surface area (Å²) in [6.45, 7) is 4.59. The average Bonchev–Trinajstić information content (AvgIpc) is 3.09. The first-order chi connectivity index (χ1) is 10.7. The topological polar surface area (TPSA) is 41.2 Å². The predicted octanol–water partition coefficient (Wildman–Crippen LogP) is 2.82. The van der Waals surface area contributed by atoms with Crippen molar-refractivity contribution in [3.8, 4) is 11.8 Å². The molecule has 1 aliphatic rings. The normalized spacial score (nSPS) is 16.4. The molecule has 1 aliphatic heterocycles. The van der Waals surface area contributed by atoms with Crippen LogP contribution in [0, 0.1) is 11.3 Å².